The van der Waals surface area contributed by atoms with Crippen LogP contribution in [0.5, 0.6) is 0 Å². The molecule has 3 rings (SSSR count). The van der Waals surface area contributed by atoms with Crippen LogP contribution in [0, 0.1) is 11.3 Å². The van der Waals surface area contributed by atoms with E-state index in [2.05, 4.69) is 11.1 Å². The first-order valence-corrected chi connectivity index (χ1v) is 10.6. The highest BCUT2D eigenvalue weighted by atomic mass is 32.2. The van der Waals surface area contributed by atoms with Gasteiger partial charge in [0.2, 0.25) is 10.0 Å². The van der Waals surface area contributed by atoms with Gasteiger partial charge in [0.15, 0.2) is 11.7 Å². The van der Waals surface area contributed by atoms with Gasteiger partial charge < -0.3 is 4.42 Å². The molecule has 0 fully saturated rings. The Hall–Kier alpha value is -2.95. The van der Waals surface area contributed by atoms with Crippen molar-refractivity contribution in [3.05, 3.63) is 60.5 Å². The molecule has 7 heteroatoms. The second-order valence-electron chi connectivity index (χ2n) is 6.44. The molecule has 2 N–H and O–H groups in total. The zero-order chi connectivity index (χ0) is 20.0. The van der Waals surface area contributed by atoms with Gasteiger partial charge in [-0.1, -0.05) is 36.8 Å². The molecule has 6 nitrogen and oxygen atoms in total. The Morgan fingerprint density at radius 3 is 2.32 bits per heavy atom. The van der Waals surface area contributed by atoms with E-state index in [0.717, 1.165) is 36.1 Å². The molecule has 3 aromatic rings. The number of aryl methyl sites for hydroxylation is 1. The van der Waals surface area contributed by atoms with Crippen LogP contribution in [0.4, 0.5) is 0 Å². The van der Waals surface area contributed by atoms with E-state index in [1.807, 2.05) is 30.3 Å². The molecule has 1 aromatic heterocycles. The second kappa shape index (κ2) is 8.83. The lowest BCUT2D eigenvalue weighted by molar-refractivity contribution is 0.491. The number of aromatic nitrogens is 1. The fourth-order valence-corrected chi connectivity index (χ4v) is 3.43. The van der Waals surface area contributed by atoms with Gasteiger partial charge in [-0.25, -0.2) is 18.5 Å². The quantitative estimate of drug-likeness (QED) is 0.572. The van der Waals surface area contributed by atoms with Gasteiger partial charge in [0.1, 0.15) is 5.69 Å². The highest BCUT2D eigenvalue weighted by Gasteiger charge is 2.17. The smallest absolute Gasteiger partial charge is 0.238 e. The van der Waals surface area contributed by atoms with Gasteiger partial charge in [-0.05, 0) is 37.1 Å². The van der Waals surface area contributed by atoms with Crippen LogP contribution in [0.15, 0.2) is 63.9 Å². The molecule has 0 aliphatic carbocycles. The average Bonchev–Trinajstić information content (AvgIpc) is 3.12. The molecule has 0 aliphatic rings. The van der Waals surface area contributed by atoms with Crippen molar-refractivity contribution >= 4 is 10.0 Å². The monoisotopic (exact) mass is 395 g/mol. The number of nitrogens with two attached hydrogens (primary N) is 1. The second-order valence-corrected chi connectivity index (χ2v) is 8.00. The minimum atomic E-state index is -3.75. The summed E-state index contributed by atoms with van der Waals surface area (Å²) in [6, 6.07) is 18.1. The van der Waals surface area contributed by atoms with Crippen molar-refractivity contribution in [2.75, 3.05) is 0 Å². The lowest BCUT2D eigenvalue weighted by Crippen LogP contribution is -2.11. The van der Waals surface area contributed by atoms with Gasteiger partial charge in [0.25, 0.3) is 0 Å². The van der Waals surface area contributed by atoms with E-state index in [4.69, 9.17) is 14.8 Å². The number of unbranched alkanes of at least 4 members (excludes halogenated alkanes) is 3. The molecule has 0 amide bonds. The first-order valence-electron chi connectivity index (χ1n) is 9.04. The molecule has 0 radical (unpaired) electrons. The van der Waals surface area contributed by atoms with Crippen molar-refractivity contribution < 1.29 is 12.8 Å². The van der Waals surface area contributed by atoms with Crippen LogP contribution in [-0.4, -0.2) is 13.4 Å². The molecule has 0 saturated heterocycles. The summed E-state index contributed by atoms with van der Waals surface area (Å²) < 4.78 is 29.0. The third kappa shape index (κ3) is 4.85. The van der Waals surface area contributed by atoms with Crippen LogP contribution in [0.1, 0.15) is 31.6 Å². The number of rotatable bonds is 8. The Bertz CT molecular complexity index is 1070. The van der Waals surface area contributed by atoms with Crippen LogP contribution < -0.4 is 5.14 Å². The highest BCUT2D eigenvalue weighted by molar-refractivity contribution is 7.89. The number of hydrogen-bond donors (Lipinski definition) is 1. The zero-order valence-corrected chi connectivity index (χ0v) is 16.2. The highest BCUT2D eigenvalue weighted by Crippen LogP contribution is 2.33. The largest absolute Gasteiger partial charge is 0.440 e. The van der Waals surface area contributed by atoms with Gasteiger partial charge >= 0.3 is 0 Å². The lowest BCUT2D eigenvalue weighted by atomic mass is 10.1. The lowest BCUT2D eigenvalue weighted by Gasteiger charge is -2.03. The number of nitrogens with zero attached hydrogens (tertiary/aromatic N) is 2. The van der Waals surface area contributed by atoms with Crippen LogP contribution in [-0.2, 0) is 16.4 Å². The number of primary sulfonamides is 1. The summed E-state index contributed by atoms with van der Waals surface area (Å²) in [5.41, 5.74) is 2.37. The molecule has 0 saturated carbocycles. The maximum Gasteiger partial charge on any atom is 0.238 e. The molecular weight excluding hydrogens is 374 g/mol. The molecule has 0 aliphatic heterocycles. The van der Waals surface area contributed by atoms with Gasteiger partial charge in [-0.15, -0.1) is 0 Å². The first-order chi connectivity index (χ1) is 13.5. The molecule has 0 unspecified atom stereocenters. The average molecular weight is 395 g/mol. The van der Waals surface area contributed by atoms with E-state index in [0.29, 0.717) is 24.5 Å². The fraction of sp³-hybridized carbons (Fsp3) is 0.238. The summed E-state index contributed by atoms with van der Waals surface area (Å²) in [5, 5.41) is 13.8. The summed E-state index contributed by atoms with van der Waals surface area (Å²) in [4.78, 5) is 4.72. The van der Waals surface area contributed by atoms with Crippen LogP contribution >= 0.6 is 0 Å². The Labute approximate surface area is 164 Å². The third-order valence-corrected chi connectivity index (χ3v) is 5.27. The van der Waals surface area contributed by atoms with Crippen molar-refractivity contribution in [2.24, 2.45) is 5.14 Å². The van der Waals surface area contributed by atoms with E-state index in [1.54, 1.807) is 12.1 Å². The third-order valence-electron chi connectivity index (χ3n) is 4.34. The molecule has 0 bridgehead atoms. The Morgan fingerprint density at radius 1 is 0.964 bits per heavy atom. The normalized spacial score (nSPS) is 11.3. The number of benzene rings is 2. The summed E-state index contributed by atoms with van der Waals surface area (Å²) >= 11 is 0. The maximum absolute atomic E-state index is 11.5. The SMILES string of the molecule is N#CCCCCCc1nc(-c2ccccc2)c(-c2ccc(S(N)(=O)=O)cc2)o1. The minimum Gasteiger partial charge on any atom is -0.440 e. The van der Waals surface area contributed by atoms with Gasteiger partial charge in [0.05, 0.1) is 11.0 Å². The van der Waals surface area contributed by atoms with Crippen LogP contribution in [0.3, 0.4) is 0 Å². The molecule has 0 spiro atoms. The molecule has 1 heterocycles. The number of oxazole rings is 1. The number of sulfonamides is 1. The summed E-state index contributed by atoms with van der Waals surface area (Å²) in [7, 11) is -3.75. The van der Waals surface area contributed by atoms with E-state index < -0.39 is 10.0 Å². The predicted molar refractivity (Wildman–Crippen MR) is 107 cm³/mol. The molecule has 144 valence electrons. The van der Waals surface area contributed by atoms with E-state index in [9.17, 15) is 8.42 Å². The van der Waals surface area contributed by atoms with Crippen LogP contribution in [0.25, 0.3) is 22.6 Å². The molecule has 28 heavy (non-hydrogen) atoms. The number of nitriles is 1. The van der Waals surface area contributed by atoms with Crippen molar-refractivity contribution in [3.63, 3.8) is 0 Å². The molecule has 2 aromatic carbocycles. The van der Waals surface area contributed by atoms with E-state index >= 15 is 0 Å². The van der Waals surface area contributed by atoms with Crippen molar-refractivity contribution in [2.45, 2.75) is 37.0 Å². The maximum atomic E-state index is 11.5. The minimum absolute atomic E-state index is 0.0507. The van der Waals surface area contributed by atoms with E-state index in [1.165, 1.54) is 12.1 Å². The number of hydrogen-bond acceptors (Lipinski definition) is 5. The standard InChI is InChI=1S/C21H21N3O3S/c22-15-7-2-1-6-10-19-24-20(16-8-4-3-5-9-16)21(27-19)17-11-13-18(14-12-17)28(23,25)26/h3-5,8-9,11-14H,1-2,6-7,10H2,(H2,23,25,26). The van der Waals surface area contributed by atoms with E-state index in [-0.39, 0.29) is 4.90 Å². The Morgan fingerprint density at radius 2 is 1.68 bits per heavy atom. The zero-order valence-electron chi connectivity index (χ0n) is 15.3. The van der Waals surface area contributed by atoms with Gasteiger partial charge in [0, 0.05) is 24.0 Å². The Kier molecular flexibility index (Phi) is 6.24. The van der Waals surface area contributed by atoms with Crippen molar-refractivity contribution in [1.82, 2.24) is 4.98 Å². The predicted octanol–water partition coefficient (Wildman–Crippen LogP) is 4.28. The van der Waals surface area contributed by atoms with Gasteiger partial charge in [-0.3, -0.25) is 0 Å². The summed E-state index contributed by atoms with van der Waals surface area (Å²) in [5.74, 6) is 1.22. The summed E-state index contributed by atoms with van der Waals surface area (Å²) in [6.07, 6.45) is 3.93. The molecular formula is C21H21N3O3S. The van der Waals surface area contributed by atoms with Crippen molar-refractivity contribution in [3.8, 4) is 28.7 Å². The summed E-state index contributed by atoms with van der Waals surface area (Å²) in [6.45, 7) is 0. The van der Waals surface area contributed by atoms with Gasteiger partial charge in [-0.2, -0.15) is 5.26 Å². The fourth-order valence-electron chi connectivity index (χ4n) is 2.91. The Balaban J connectivity index is 1.91. The van der Waals surface area contributed by atoms with Crippen molar-refractivity contribution in [1.29, 1.82) is 5.26 Å². The topological polar surface area (TPSA) is 110 Å². The first kappa shape index (κ1) is 19.8. The van der Waals surface area contributed by atoms with Crippen LogP contribution in [0.2, 0.25) is 0 Å². The molecule has 0 atom stereocenters.